The number of hydrogen-bond acceptors (Lipinski definition) is 6. The van der Waals surface area contributed by atoms with Gasteiger partial charge < -0.3 is 13.9 Å². The smallest absolute Gasteiger partial charge is 0.283 e. The van der Waals surface area contributed by atoms with Crippen LogP contribution in [0.5, 0.6) is 0 Å². The third-order valence-corrected chi connectivity index (χ3v) is 3.79. The fourth-order valence-electron chi connectivity index (χ4n) is 2.50. The summed E-state index contributed by atoms with van der Waals surface area (Å²) in [5, 5.41) is 18.1. The predicted octanol–water partition coefficient (Wildman–Crippen LogP) is 2.44. The zero-order valence-electron chi connectivity index (χ0n) is 11.2. The molecule has 1 aliphatic heterocycles. The Labute approximate surface area is 124 Å². The Morgan fingerprint density at radius 2 is 2.25 bits per heavy atom. The van der Waals surface area contributed by atoms with Crippen molar-refractivity contribution in [2.75, 3.05) is 13.1 Å². The van der Waals surface area contributed by atoms with Gasteiger partial charge in [-0.3, -0.25) is 4.90 Å². The van der Waals surface area contributed by atoms with E-state index in [1.54, 1.807) is 12.1 Å². The third-order valence-electron chi connectivity index (χ3n) is 3.36. The molecule has 7 heteroatoms. The van der Waals surface area contributed by atoms with E-state index in [0.717, 1.165) is 19.4 Å². The Hall–Kier alpha value is -1.18. The molecule has 0 spiro atoms. The second kappa shape index (κ2) is 5.31. The summed E-state index contributed by atoms with van der Waals surface area (Å²) in [4.78, 5) is 2.12. The molecule has 2 aromatic rings. The van der Waals surface area contributed by atoms with Gasteiger partial charge in [-0.15, -0.1) is 10.2 Å². The third kappa shape index (κ3) is 3.11. The topological polar surface area (TPSA) is 75.5 Å². The van der Waals surface area contributed by atoms with Crippen molar-refractivity contribution in [3.05, 3.63) is 22.7 Å². The van der Waals surface area contributed by atoms with E-state index in [0.29, 0.717) is 35.3 Å². The lowest BCUT2D eigenvalue weighted by Gasteiger charge is -2.35. The molecule has 1 unspecified atom stereocenters. The van der Waals surface area contributed by atoms with Crippen LogP contribution in [0.4, 0.5) is 0 Å². The first-order valence-corrected chi connectivity index (χ1v) is 7.34. The number of β-amino-alcohol motifs (C(OH)–C–C–N with tert-alkyl or cyclic N) is 1. The molecular weight excluding hydrogens is 326 g/mol. The van der Waals surface area contributed by atoms with Gasteiger partial charge >= 0.3 is 0 Å². The average Bonchev–Trinajstić information content (AvgIpc) is 2.97. The molecule has 0 aromatic carbocycles. The van der Waals surface area contributed by atoms with Gasteiger partial charge in [0.15, 0.2) is 10.4 Å². The first kappa shape index (κ1) is 13.8. The molecule has 0 bridgehead atoms. The highest BCUT2D eigenvalue weighted by Crippen LogP contribution is 2.25. The van der Waals surface area contributed by atoms with Crippen LogP contribution in [0.15, 0.2) is 25.6 Å². The monoisotopic (exact) mass is 341 g/mol. The number of nitrogens with zero attached hydrogens (tertiary/aromatic N) is 3. The van der Waals surface area contributed by atoms with E-state index in [9.17, 15) is 5.11 Å². The lowest BCUT2D eigenvalue weighted by molar-refractivity contribution is -0.0203. The Balaban J connectivity index is 1.68. The van der Waals surface area contributed by atoms with Crippen molar-refractivity contribution < 1.29 is 13.9 Å². The largest absolute Gasteiger partial charge is 0.444 e. The summed E-state index contributed by atoms with van der Waals surface area (Å²) in [6, 6.07) is 3.55. The number of aromatic nitrogens is 2. The summed E-state index contributed by atoms with van der Waals surface area (Å²) < 4.78 is 11.6. The SMILES string of the molecule is CC1(O)CCCN(Cc2nnc(-c3ccc(Br)o3)o2)C1. The van der Waals surface area contributed by atoms with Gasteiger partial charge in [-0.1, -0.05) is 0 Å². The fraction of sp³-hybridized carbons (Fsp3) is 0.538. The number of aliphatic hydroxyl groups is 1. The van der Waals surface area contributed by atoms with Gasteiger partial charge in [0.25, 0.3) is 5.89 Å². The summed E-state index contributed by atoms with van der Waals surface area (Å²) in [5.41, 5.74) is -0.632. The van der Waals surface area contributed by atoms with Crippen LogP contribution in [0.1, 0.15) is 25.7 Å². The normalized spacial score (nSPS) is 24.1. The minimum Gasteiger partial charge on any atom is -0.444 e. The predicted molar refractivity (Wildman–Crippen MR) is 74.8 cm³/mol. The van der Waals surface area contributed by atoms with Gasteiger partial charge in [-0.2, -0.15) is 0 Å². The van der Waals surface area contributed by atoms with Gasteiger partial charge in [-0.25, -0.2) is 0 Å². The van der Waals surface area contributed by atoms with Crippen LogP contribution in [0.2, 0.25) is 0 Å². The maximum atomic E-state index is 10.1. The highest BCUT2D eigenvalue weighted by molar-refractivity contribution is 9.10. The molecule has 1 saturated heterocycles. The minimum atomic E-state index is -0.632. The zero-order valence-corrected chi connectivity index (χ0v) is 12.8. The Morgan fingerprint density at radius 1 is 1.40 bits per heavy atom. The molecule has 1 fully saturated rings. The number of halogens is 1. The first-order valence-electron chi connectivity index (χ1n) is 6.55. The van der Waals surface area contributed by atoms with Crippen molar-refractivity contribution in [2.45, 2.75) is 31.9 Å². The molecule has 6 nitrogen and oxygen atoms in total. The molecule has 20 heavy (non-hydrogen) atoms. The van der Waals surface area contributed by atoms with Crippen molar-refractivity contribution >= 4 is 15.9 Å². The Kier molecular flexibility index (Phi) is 3.66. The molecule has 0 saturated carbocycles. The Bertz CT molecular complexity index is 593. The van der Waals surface area contributed by atoms with E-state index in [1.165, 1.54) is 0 Å². The molecule has 0 radical (unpaired) electrons. The van der Waals surface area contributed by atoms with E-state index in [1.807, 2.05) is 6.92 Å². The lowest BCUT2D eigenvalue weighted by Crippen LogP contribution is -2.45. The van der Waals surface area contributed by atoms with E-state index >= 15 is 0 Å². The van der Waals surface area contributed by atoms with E-state index < -0.39 is 5.60 Å². The summed E-state index contributed by atoms with van der Waals surface area (Å²) >= 11 is 3.24. The summed E-state index contributed by atoms with van der Waals surface area (Å²) in [5.74, 6) is 1.45. The molecule has 2 aromatic heterocycles. The molecule has 0 amide bonds. The summed E-state index contributed by atoms with van der Waals surface area (Å²) in [6.07, 6.45) is 1.80. The lowest BCUT2D eigenvalue weighted by atomic mass is 9.95. The number of furan rings is 1. The highest BCUT2D eigenvalue weighted by atomic mass is 79.9. The molecule has 3 heterocycles. The van der Waals surface area contributed by atoms with Gasteiger partial charge in [-0.05, 0) is 54.4 Å². The van der Waals surface area contributed by atoms with Gasteiger partial charge in [0, 0.05) is 6.54 Å². The number of likely N-dealkylation sites (tertiary alicyclic amines) is 1. The molecule has 1 atom stereocenters. The van der Waals surface area contributed by atoms with Gasteiger partial charge in [0.05, 0.1) is 12.1 Å². The van der Waals surface area contributed by atoms with Crippen LogP contribution in [-0.4, -0.2) is 38.9 Å². The van der Waals surface area contributed by atoms with Crippen molar-refractivity contribution in [3.8, 4) is 11.7 Å². The molecule has 108 valence electrons. The molecule has 1 N–H and O–H groups in total. The molecular formula is C13H16BrN3O3. The van der Waals surface area contributed by atoms with Gasteiger partial charge in [0.1, 0.15) is 0 Å². The fourth-order valence-corrected chi connectivity index (χ4v) is 2.80. The van der Waals surface area contributed by atoms with Gasteiger partial charge in [0.2, 0.25) is 5.89 Å². The van der Waals surface area contributed by atoms with Crippen molar-refractivity contribution in [1.29, 1.82) is 0 Å². The average molecular weight is 342 g/mol. The second-order valence-electron chi connectivity index (χ2n) is 5.42. The maximum absolute atomic E-state index is 10.1. The molecule has 0 aliphatic carbocycles. The van der Waals surface area contributed by atoms with Crippen molar-refractivity contribution in [1.82, 2.24) is 15.1 Å². The van der Waals surface area contributed by atoms with Crippen molar-refractivity contribution in [3.63, 3.8) is 0 Å². The number of piperidine rings is 1. The highest BCUT2D eigenvalue weighted by Gasteiger charge is 2.29. The molecule has 3 rings (SSSR count). The van der Waals surface area contributed by atoms with Crippen LogP contribution in [-0.2, 0) is 6.54 Å². The van der Waals surface area contributed by atoms with E-state index in [-0.39, 0.29) is 0 Å². The van der Waals surface area contributed by atoms with Crippen LogP contribution in [0, 0.1) is 0 Å². The number of hydrogen-bond donors (Lipinski definition) is 1. The maximum Gasteiger partial charge on any atom is 0.283 e. The van der Waals surface area contributed by atoms with Crippen LogP contribution in [0.25, 0.3) is 11.7 Å². The molecule has 1 aliphatic rings. The van der Waals surface area contributed by atoms with Crippen LogP contribution < -0.4 is 0 Å². The first-order chi connectivity index (χ1) is 9.52. The number of rotatable bonds is 3. The quantitative estimate of drug-likeness (QED) is 0.923. The zero-order chi connectivity index (χ0) is 14.2. The second-order valence-corrected chi connectivity index (χ2v) is 6.20. The van der Waals surface area contributed by atoms with Crippen molar-refractivity contribution in [2.24, 2.45) is 0 Å². The Morgan fingerprint density at radius 3 is 2.95 bits per heavy atom. The van der Waals surface area contributed by atoms with E-state index in [4.69, 9.17) is 8.83 Å². The summed E-state index contributed by atoms with van der Waals surface area (Å²) in [7, 11) is 0. The summed E-state index contributed by atoms with van der Waals surface area (Å²) in [6.45, 7) is 3.96. The minimum absolute atomic E-state index is 0.370. The van der Waals surface area contributed by atoms with E-state index in [2.05, 4.69) is 31.0 Å². The standard InChI is InChI=1S/C13H16BrN3O3/c1-13(18)5-2-6-17(8-13)7-11-15-16-12(20-11)9-3-4-10(14)19-9/h3-4,18H,2,5-8H2,1H3. The van der Waals surface area contributed by atoms with Crippen LogP contribution >= 0.6 is 15.9 Å². The van der Waals surface area contributed by atoms with Crippen LogP contribution in [0.3, 0.4) is 0 Å².